The van der Waals surface area contributed by atoms with Gasteiger partial charge in [0, 0.05) is 50.6 Å². The molecular formula is C9H19AcN3O4. The molecule has 0 fully saturated rings. The summed E-state index contributed by atoms with van der Waals surface area (Å²) in [5.74, 6) is -0.691. The molecule has 17 heavy (non-hydrogen) atoms. The van der Waals surface area contributed by atoms with Crippen LogP contribution in [-0.2, 0) is 4.79 Å². The number of amidine groups is 1. The Hall–Kier alpha value is 0.262. The normalized spacial score (nSPS) is 12.8. The molecule has 0 saturated heterocycles. The van der Waals surface area contributed by atoms with Crippen LogP contribution in [0.5, 0.6) is 0 Å². The average molecular weight is 460 g/mol. The van der Waals surface area contributed by atoms with Gasteiger partial charge in [-0.3, -0.25) is 10.0 Å². The Kier molecular flexibility index (Phi) is 13.1. The zero-order valence-corrected chi connectivity index (χ0v) is 14.7. The largest absolute Gasteiger partial charge is 0.480 e. The smallest absolute Gasteiger partial charge is 0.320 e. The van der Waals surface area contributed by atoms with Gasteiger partial charge >= 0.3 is 5.97 Å². The average Bonchev–Trinajstić information content (AvgIpc) is 2.23. The van der Waals surface area contributed by atoms with Crippen LogP contribution in [0, 0.1) is 44.1 Å². The molecule has 5 N–H and O–H groups in total. The van der Waals surface area contributed by atoms with Crippen molar-refractivity contribution in [3.05, 3.63) is 0 Å². The molecule has 1 unspecified atom stereocenters. The van der Waals surface area contributed by atoms with Gasteiger partial charge in [-0.2, -0.15) is 0 Å². The number of aliphatic hydroxyl groups is 1. The predicted octanol–water partition coefficient (Wildman–Crippen LogP) is -0.372. The summed E-state index contributed by atoms with van der Waals surface area (Å²) in [5.41, 5.74) is 5.31. The molecule has 0 aromatic rings. The van der Waals surface area contributed by atoms with Crippen LogP contribution in [0.15, 0.2) is 4.99 Å². The van der Waals surface area contributed by atoms with E-state index in [0.29, 0.717) is 31.6 Å². The van der Waals surface area contributed by atoms with Crippen LogP contribution in [0.25, 0.3) is 0 Å². The SMILES string of the molecule is CC(=NCO)N(O)CCCCC(N)C(=O)O.[Ac]. The van der Waals surface area contributed by atoms with Gasteiger partial charge in [-0.25, -0.2) is 10.1 Å². The summed E-state index contributed by atoms with van der Waals surface area (Å²) in [6, 6.07) is -0.848. The van der Waals surface area contributed by atoms with Gasteiger partial charge in [0.2, 0.25) is 0 Å². The quantitative estimate of drug-likeness (QED) is 0.178. The van der Waals surface area contributed by atoms with Crippen LogP contribution in [0.3, 0.4) is 0 Å². The second-order valence-electron chi connectivity index (χ2n) is 3.41. The number of aliphatic imine (C=N–C) groups is 1. The molecule has 1 radical (unpaired) electrons. The van der Waals surface area contributed by atoms with Crippen LogP contribution < -0.4 is 5.73 Å². The maximum atomic E-state index is 10.4. The van der Waals surface area contributed by atoms with Crippen molar-refractivity contribution in [2.45, 2.75) is 32.2 Å². The van der Waals surface area contributed by atoms with Gasteiger partial charge in [0.05, 0.1) is 0 Å². The molecule has 0 heterocycles. The van der Waals surface area contributed by atoms with E-state index in [1.165, 1.54) is 0 Å². The number of aliphatic hydroxyl groups excluding tert-OH is 1. The summed E-state index contributed by atoms with van der Waals surface area (Å²) in [4.78, 5) is 14.0. The summed E-state index contributed by atoms with van der Waals surface area (Å²) in [6.07, 6.45) is 1.59. The molecular weight excluding hydrogens is 441 g/mol. The maximum absolute atomic E-state index is 10.4. The van der Waals surface area contributed by atoms with E-state index in [2.05, 4.69) is 4.99 Å². The van der Waals surface area contributed by atoms with Crippen molar-refractivity contribution in [3.8, 4) is 0 Å². The number of carboxylic acid groups (broad SMARTS) is 1. The van der Waals surface area contributed by atoms with Crippen LogP contribution in [0.2, 0.25) is 0 Å². The van der Waals surface area contributed by atoms with Crippen molar-refractivity contribution in [2.24, 2.45) is 10.7 Å². The number of rotatable bonds is 7. The van der Waals surface area contributed by atoms with Crippen LogP contribution in [0.4, 0.5) is 0 Å². The fourth-order valence-electron chi connectivity index (χ4n) is 1.10. The minimum absolute atomic E-state index is 0. The number of hydrogen-bond acceptors (Lipinski definition) is 5. The predicted molar refractivity (Wildman–Crippen MR) is 58.1 cm³/mol. The second kappa shape index (κ2) is 11.4. The van der Waals surface area contributed by atoms with E-state index in [0.717, 1.165) is 5.06 Å². The van der Waals surface area contributed by atoms with Crippen molar-refractivity contribution < 1.29 is 64.3 Å². The van der Waals surface area contributed by atoms with E-state index < -0.39 is 12.0 Å². The molecule has 0 rings (SSSR count). The molecule has 0 aromatic heterocycles. The van der Waals surface area contributed by atoms with Gasteiger partial charge in [0.15, 0.2) is 0 Å². The van der Waals surface area contributed by atoms with Gasteiger partial charge < -0.3 is 15.9 Å². The molecule has 0 aliphatic heterocycles. The summed E-state index contributed by atoms with van der Waals surface area (Å²) in [5, 5.41) is 27.3. The first-order valence-corrected chi connectivity index (χ1v) is 5.05. The van der Waals surface area contributed by atoms with Crippen LogP contribution in [0.1, 0.15) is 26.2 Å². The topological polar surface area (TPSA) is 119 Å². The number of carbonyl (C=O) groups is 1. The zero-order valence-electron chi connectivity index (χ0n) is 9.91. The van der Waals surface area contributed by atoms with E-state index >= 15 is 0 Å². The minimum Gasteiger partial charge on any atom is -0.480 e. The van der Waals surface area contributed by atoms with E-state index in [1.54, 1.807) is 6.92 Å². The van der Waals surface area contributed by atoms with E-state index in [4.69, 9.17) is 15.9 Å². The Morgan fingerprint density at radius 1 is 1.47 bits per heavy atom. The second-order valence-corrected chi connectivity index (χ2v) is 3.41. The number of hydrogen-bond donors (Lipinski definition) is 4. The summed E-state index contributed by atoms with van der Waals surface area (Å²) in [7, 11) is 0. The van der Waals surface area contributed by atoms with E-state index in [9.17, 15) is 10.0 Å². The summed E-state index contributed by atoms with van der Waals surface area (Å²) < 4.78 is 0. The van der Waals surface area contributed by atoms with Crippen molar-refractivity contribution in [2.75, 3.05) is 13.3 Å². The third-order valence-electron chi connectivity index (χ3n) is 2.13. The molecule has 0 bridgehead atoms. The fraction of sp³-hybridized carbons (Fsp3) is 0.778. The van der Waals surface area contributed by atoms with Crippen molar-refractivity contribution in [3.63, 3.8) is 0 Å². The monoisotopic (exact) mass is 460 g/mol. The Labute approximate surface area is 136 Å². The first-order valence-electron chi connectivity index (χ1n) is 5.05. The minimum atomic E-state index is -1.01. The Morgan fingerprint density at radius 3 is 2.53 bits per heavy atom. The first-order chi connectivity index (χ1) is 7.49. The maximum Gasteiger partial charge on any atom is 0.320 e. The molecule has 0 aliphatic rings. The van der Waals surface area contributed by atoms with Gasteiger partial charge in [-0.1, -0.05) is 0 Å². The zero-order chi connectivity index (χ0) is 12.6. The molecule has 0 aromatic carbocycles. The molecule has 7 nitrogen and oxygen atoms in total. The Balaban J connectivity index is 0. The Morgan fingerprint density at radius 2 is 2.06 bits per heavy atom. The number of carboxylic acids is 1. The third kappa shape index (κ3) is 9.92. The van der Waals surface area contributed by atoms with Gasteiger partial charge in [-0.15, -0.1) is 0 Å². The van der Waals surface area contributed by atoms with Crippen molar-refractivity contribution in [1.29, 1.82) is 0 Å². The Bertz CT molecular complexity index is 250. The van der Waals surface area contributed by atoms with Crippen LogP contribution >= 0.6 is 0 Å². The van der Waals surface area contributed by atoms with Gasteiger partial charge in [-0.05, 0) is 26.2 Å². The molecule has 0 amide bonds. The van der Waals surface area contributed by atoms with E-state index in [1.807, 2.05) is 0 Å². The van der Waals surface area contributed by atoms with Crippen molar-refractivity contribution >= 4 is 11.8 Å². The molecule has 0 spiro atoms. The first kappa shape index (κ1) is 19.6. The van der Waals surface area contributed by atoms with E-state index in [-0.39, 0.29) is 50.8 Å². The van der Waals surface area contributed by atoms with Gasteiger partial charge in [0.1, 0.15) is 18.6 Å². The molecule has 8 heteroatoms. The molecule has 0 saturated carbocycles. The number of aliphatic carboxylic acids is 1. The summed E-state index contributed by atoms with van der Waals surface area (Å²) in [6.45, 7) is 1.54. The summed E-state index contributed by atoms with van der Waals surface area (Å²) >= 11 is 0. The van der Waals surface area contributed by atoms with Gasteiger partial charge in [0.25, 0.3) is 0 Å². The number of hydroxylamine groups is 2. The number of nitrogens with two attached hydrogens (primary N) is 1. The fourth-order valence-corrected chi connectivity index (χ4v) is 1.10. The number of nitrogens with zero attached hydrogens (tertiary/aromatic N) is 2. The third-order valence-corrected chi connectivity index (χ3v) is 2.13. The molecule has 97 valence electrons. The van der Waals surface area contributed by atoms with Crippen LogP contribution in [-0.4, -0.2) is 51.6 Å². The molecule has 1 atom stereocenters. The van der Waals surface area contributed by atoms with Crippen molar-refractivity contribution in [1.82, 2.24) is 5.06 Å². The molecule has 0 aliphatic carbocycles. The number of unbranched alkanes of at least 4 members (excludes halogenated alkanes) is 1. The standard InChI is InChI=1S/C9H19N3O4.Ac/c1-7(11-6-13)12(16)5-3-2-4-8(10)9(14)15;/h8,13,16H,2-6,10H2,1H3,(H,14,15);.